The van der Waals surface area contributed by atoms with E-state index in [1.54, 1.807) is 0 Å². The van der Waals surface area contributed by atoms with Crippen molar-refractivity contribution in [2.45, 2.75) is 53.1 Å². The third kappa shape index (κ3) is 6.06. The third-order valence-corrected chi connectivity index (χ3v) is 3.71. The Bertz CT molecular complexity index is 358. The summed E-state index contributed by atoms with van der Waals surface area (Å²) < 4.78 is 0. The van der Waals surface area contributed by atoms with Crippen LogP contribution >= 0.6 is 0 Å². The minimum absolute atomic E-state index is 0.375. The van der Waals surface area contributed by atoms with Crippen LogP contribution in [-0.4, -0.2) is 29.6 Å². The molecule has 0 radical (unpaired) electrons. The molecule has 1 unspecified atom stereocenters. The molecule has 0 aliphatic heterocycles. The van der Waals surface area contributed by atoms with Crippen molar-refractivity contribution in [3.8, 4) is 0 Å². The van der Waals surface area contributed by atoms with Crippen molar-refractivity contribution in [1.82, 2.24) is 4.90 Å². The van der Waals surface area contributed by atoms with Crippen LogP contribution in [0.3, 0.4) is 0 Å². The van der Waals surface area contributed by atoms with Gasteiger partial charge in [0.2, 0.25) is 0 Å². The van der Waals surface area contributed by atoms with E-state index in [1.807, 2.05) is 0 Å². The predicted octanol–water partition coefficient (Wildman–Crippen LogP) is 4.04. The smallest absolute Gasteiger partial charge is 0.0916 e. The molecule has 0 aliphatic rings. The van der Waals surface area contributed by atoms with Gasteiger partial charge in [-0.2, -0.15) is 0 Å². The molecule has 114 valence electrons. The molecule has 20 heavy (non-hydrogen) atoms. The zero-order chi connectivity index (χ0) is 15.0. The van der Waals surface area contributed by atoms with Gasteiger partial charge in [0, 0.05) is 6.54 Å². The Morgan fingerprint density at radius 2 is 1.75 bits per heavy atom. The zero-order valence-corrected chi connectivity index (χ0v) is 13.6. The average Bonchev–Trinajstić information content (AvgIpc) is 2.43. The van der Waals surface area contributed by atoms with Gasteiger partial charge in [0.05, 0.1) is 6.10 Å². The Kier molecular flexibility index (Phi) is 7.86. The summed E-state index contributed by atoms with van der Waals surface area (Å²) in [5.41, 5.74) is 2.39. The highest BCUT2D eigenvalue weighted by Gasteiger charge is 2.12. The number of aliphatic hydroxyl groups excluding tert-OH is 1. The first kappa shape index (κ1) is 17.2. The minimum atomic E-state index is -0.375. The highest BCUT2D eigenvalue weighted by atomic mass is 16.3. The molecule has 1 rings (SSSR count). The molecule has 2 nitrogen and oxygen atoms in total. The zero-order valence-electron chi connectivity index (χ0n) is 13.6. The standard InChI is InChI=1S/C18H31NO/c1-5-7-12-19(6-2)14-18(20)17-10-8-16(9-11-17)13-15(3)4/h8-11,15,18,20H,5-7,12-14H2,1-4H3. The van der Waals surface area contributed by atoms with Crippen LogP contribution in [0.4, 0.5) is 0 Å². The molecule has 2 heteroatoms. The lowest BCUT2D eigenvalue weighted by Crippen LogP contribution is -2.29. The normalized spacial score (nSPS) is 13.2. The number of rotatable bonds is 9. The molecule has 0 saturated heterocycles. The first-order chi connectivity index (χ1) is 9.56. The SMILES string of the molecule is CCCCN(CC)CC(O)c1ccc(CC(C)C)cc1. The van der Waals surface area contributed by atoms with Crippen LogP contribution in [-0.2, 0) is 6.42 Å². The number of benzene rings is 1. The van der Waals surface area contributed by atoms with Crippen LogP contribution in [0, 0.1) is 5.92 Å². The van der Waals surface area contributed by atoms with Gasteiger partial charge in [0.15, 0.2) is 0 Å². The second-order valence-corrected chi connectivity index (χ2v) is 6.10. The van der Waals surface area contributed by atoms with Gasteiger partial charge < -0.3 is 10.0 Å². The molecule has 0 aliphatic carbocycles. The van der Waals surface area contributed by atoms with E-state index in [0.717, 1.165) is 31.6 Å². The molecule has 0 fully saturated rings. The van der Waals surface area contributed by atoms with Gasteiger partial charge in [0.1, 0.15) is 0 Å². The monoisotopic (exact) mass is 277 g/mol. The van der Waals surface area contributed by atoms with E-state index in [2.05, 4.69) is 56.9 Å². The number of nitrogens with zero attached hydrogens (tertiary/aromatic N) is 1. The molecule has 0 spiro atoms. The maximum atomic E-state index is 10.4. The highest BCUT2D eigenvalue weighted by Crippen LogP contribution is 2.17. The van der Waals surface area contributed by atoms with Crippen LogP contribution in [0.1, 0.15) is 57.8 Å². The first-order valence-corrected chi connectivity index (χ1v) is 8.06. The van der Waals surface area contributed by atoms with Crippen molar-refractivity contribution in [1.29, 1.82) is 0 Å². The molecule has 1 N–H and O–H groups in total. The van der Waals surface area contributed by atoms with Gasteiger partial charge in [0.25, 0.3) is 0 Å². The topological polar surface area (TPSA) is 23.5 Å². The minimum Gasteiger partial charge on any atom is -0.387 e. The quantitative estimate of drug-likeness (QED) is 0.736. The largest absolute Gasteiger partial charge is 0.387 e. The van der Waals surface area contributed by atoms with Crippen LogP contribution in [0.25, 0.3) is 0 Å². The maximum absolute atomic E-state index is 10.4. The summed E-state index contributed by atoms with van der Waals surface area (Å²) in [7, 11) is 0. The number of hydrogen-bond donors (Lipinski definition) is 1. The summed E-state index contributed by atoms with van der Waals surface area (Å²) in [5.74, 6) is 0.676. The van der Waals surface area contributed by atoms with Crippen LogP contribution in [0.2, 0.25) is 0 Å². The third-order valence-electron chi connectivity index (χ3n) is 3.71. The van der Waals surface area contributed by atoms with Crippen LogP contribution in [0.5, 0.6) is 0 Å². The van der Waals surface area contributed by atoms with Gasteiger partial charge in [-0.15, -0.1) is 0 Å². The fourth-order valence-corrected chi connectivity index (χ4v) is 2.46. The van der Waals surface area contributed by atoms with E-state index in [1.165, 1.54) is 18.4 Å². The highest BCUT2D eigenvalue weighted by molar-refractivity contribution is 5.24. The van der Waals surface area contributed by atoms with Gasteiger partial charge in [-0.1, -0.05) is 58.4 Å². The second kappa shape index (κ2) is 9.15. The summed E-state index contributed by atoms with van der Waals surface area (Å²) in [5, 5.41) is 10.4. The molecule has 0 aromatic heterocycles. The van der Waals surface area contributed by atoms with Gasteiger partial charge >= 0.3 is 0 Å². The summed E-state index contributed by atoms with van der Waals surface area (Å²) in [4.78, 5) is 2.33. The van der Waals surface area contributed by atoms with Crippen molar-refractivity contribution in [2.24, 2.45) is 5.92 Å². The van der Waals surface area contributed by atoms with Gasteiger partial charge in [-0.3, -0.25) is 0 Å². The van der Waals surface area contributed by atoms with E-state index in [0.29, 0.717) is 5.92 Å². The van der Waals surface area contributed by atoms with Crippen LogP contribution in [0.15, 0.2) is 24.3 Å². The summed E-state index contributed by atoms with van der Waals surface area (Å²) >= 11 is 0. The molecular weight excluding hydrogens is 246 g/mol. The average molecular weight is 277 g/mol. The maximum Gasteiger partial charge on any atom is 0.0916 e. The molecular formula is C18H31NO. The molecule has 1 atom stereocenters. The van der Waals surface area contributed by atoms with Gasteiger partial charge in [-0.05, 0) is 43.0 Å². The fraction of sp³-hybridized carbons (Fsp3) is 0.667. The predicted molar refractivity (Wildman–Crippen MR) is 87.0 cm³/mol. The number of aliphatic hydroxyl groups is 1. The van der Waals surface area contributed by atoms with Crippen molar-refractivity contribution in [3.05, 3.63) is 35.4 Å². The van der Waals surface area contributed by atoms with E-state index >= 15 is 0 Å². The molecule has 1 aromatic rings. The van der Waals surface area contributed by atoms with Crippen molar-refractivity contribution in [3.63, 3.8) is 0 Å². The summed E-state index contributed by atoms with van der Waals surface area (Å²) in [6.45, 7) is 11.6. The van der Waals surface area contributed by atoms with E-state index in [-0.39, 0.29) is 6.10 Å². The Morgan fingerprint density at radius 1 is 1.10 bits per heavy atom. The van der Waals surface area contributed by atoms with E-state index in [4.69, 9.17) is 0 Å². The van der Waals surface area contributed by atoms with Crippen molar-refractivity contribution >= 4 is 0 Å². The Hall–Kier alpha value is -0.860. The molecule has 0 bridgehead atoms. The molecule has 0 amide bonds. The lowest BCUT2D eigenvalue weighted by molar-refractivity contribution is 0.115. The van der Waals surface area contributed by atoms with Crippen molar-refractivity contribution < 1.29 is 5.11 Å². The number of hydrogen-bond acceptors (Lipinski definition) is 2. The van der Waals surface area contributed by atoms with Crippen LogP contribution < -0.4 is 0 Å². The van der Waals surface area contributed by atoms with E-state index < -0.39 is 0 Å². The lowest BCUT2D eigenvalue weighted by atomic mass is 10.00. The Balaban J connectivity index is 2.55. The lowest BCUT2D eigenvalue weighted by Gasteiger charge is -2.23. The van der Waals surface area contributed by atoms with Gasteiger partial charge in [-0.25, -0.2) is 0 Å². The number of unbranched alkanes of at least 4 members (excludes halogenated alkanes) is 1. The number of likely N-dealkylation sites (N-methyl/N-ethyl adjacent to an activating group) is 1. The fourth-order valence-electron chi connectivity index (χ4n) is 2.46. The first-order valence-electron chi connectivity index (χ1n) is 8.06. The summed E-state index contributed by atoms with van der Waals surface area (Å²) in [6.07, 6.45) is 3.14. The molecule has 0 saturated carbocycles. The Morgan fingerprint density at radius 3 is 2.25 bits per heavy atom. The molecule has 1 aromatic carbocycles. The molecule has 0 heterocycles. The second-order valence-electron chi connectivity index (χ2n) is 6.10. The van der Waals surface area contributed by atoms with E-state index in [9.17, 15) is 5.11 Å². The summed E-state index contributed by atoms with van der Waals surface area (Å²) in [6, 6.07) is 8.47. The Labute approximate surface area is 124 Å². The van der Waals surface area contributed by atoms with Crippen molar-refractivity contribution in [2.75, 3.05) is 19.6 Å².